The lowest BCUT2D eigenvalue weighted by atomic mass is 10.0. The van der Waals surface area contributed by atoms with E-state index in [1.165, 1.54) is 0 Å². The first-order chi connectivity index (χ1) is 31.4. The molecule has 2 heterocycles. The summed E-state index contributed by atoms with van der Waals surface area (Å²) in [5.74, 6) is 0. The predicted molar refractivity (Wildman–Crippen MR) is 206 cm³/mol. The molecule has 0 radical (unpaired) electrons. The normalized spacial score (nSPS) is 16.5. The highest BCUT2D eigenvalue weighted by Crippen LogP contribution is 2.47. The fraction of sp³-hybridized carbons (Fsp3) is 0. The molecule has 10 aromatic rings. The Labute approximate surface area is 307 Å². The van der Waals surface area contributed by atoms with Crippen LogP contribution in [0.15, 0.2) is 186 Å². The Balaban J connectivity index is 1.45. The maximum absolute atomic E-state index is 9.84. The van der Waals surface area contributed by atoms with Crippen molar-refractivity contribution in [1.82, 2.24) is 4.57 Å². The molecule has 0 unspecified atom stereocenters. The van der Waals surface area contributed by atoms with Crippen molar-refractivity contribution in [2.45, 2.75) is 0 Å². The van der Waals surface area contributed by atoms with Crippen LogP contribution in [0.4, 0.5) is 17.1 Å². The van der Waals surface area contributed by atoms with Gasteiger partial charge < -0.3 is 13.9 Å². The molecule has 0 saturated carbocycles. The van der Waals surface area contributed by atoms with Crippen molar-refractivity contribution < 1.29 is 27.7 Å². The van der Waals surface area contributed by atoms with Gasteiger partial charge in [-0.1, -0.05) is 121 Å². The van der Waals surface area contributed by atoms with E-state index in [1.807, 2.05) is 24.3 Å². The molecule has 2 aromatic heterocycles. The predicted octanol–water partition coefficient (Wildman–Crippen LogP) is 13.0. The van der Waals surface area contributed by atoms with Crippen molar-refractivity contribution in [3.8, 4) is 16.8 Å². The molecule has 230 valence electrons. The largest absolute Gasteiger partial charge is 0.455 e. The van der Waals surface area contributed by atoms with Crippen LogP contribution in [0, 0.1) is 0 Å². The summed E-state index contributed by atoms with van der Waals surface area (Å²) >= 11 is 0. The van der Waals surface area contributed by atoms with Gasteiger partial charge in [-0.05, 0) is 71.4 Å². The lowest BCUT2D eigenvalue weighted by Gasteiger charge is -2.28. The number of hydrogen-bond donors (Lipinski definition) is 0. The molecule has 3 heteroatoms. The minimum absolute atomic E-state index is 0.176. The Hall–Kier alpha value is -6.58. The molecule has 49 heavy (non-hydrogen) atoms. The molecule has 0 amide bonds. The van der Waals surface area contributed by atoms with Crippen LogP contribution in [0.5, 0.6) is 0 Å². The average Bonchev–Trinajstić information content (AvgIpc) is 3.87. The number of para-hydroxylation sites is 3. The van der Waals surface area contributed by atoms with E-state index in [-0.39, 0.29) is 33.0 Å². The first-order valence-corrected chi connectivity index (χ1v) is 15.3. The van der Waals surface area contributed by atoms with Crippen LogP contribution in [-0.2, 0) is 0 Å². The summed E-state index contributed by atoms with van der Waals surface area (Å²) in [4.78, 5) is 0.904. The highest BCUT2D eigenvalue weighted by Gasteiger charge is 2.23. The average molecular weight is 644 g/mol. The Bertz CT molecular complexity index is 3730. The zero-order valence-corrected chi connectivity index (χ0v) is 25.3. The zero-order chi connectivity index (χ0) is 47.1. The Morgan fingerprint density at radius 3 is 1.98 bits per heavy atom. The molecule has 3 nitrogen and oxygen atoms in total. The number of nitrogens with zero attached hydrogens (tertiary/aromatic N) is 2. The van der Waals surface area contributed by atoms with Crippen LogP contribution in [0.3, 0.4) is 0 Å². The Morgan fingerprint density at radius 1 is 0.510 bits per heavy atom. The van der Waals surface area contributed by atoms with E-state index in [0.29, 0.717) is 11.0 Å². The van der Waals surface area contributed by atoms with E-state index in [1.54, 1.807) is 59.2 Å². The molecular formula is C46H30N2O. The van der Waals surface area contributed by atoms with Gasteiger partial charge in [0, 0.05) is 38.5 Å². The minimum Gasteiger partial charge on any atom is -0.455 e. The number of rotatable bonds is 5. The standard InChI is InChI=1S/C46H30N2O/c1-2-13-31(14-3-1)35-16-6-9-20-40(35)48(43-23-12-24-44-45(43)39-30-25-32-15-4-5-17-36(32)46(39)49-44)34-28-26-33(27-29-34)47-41-21-10-7-18-37(41)38-19-8-11-22-42(38)47/h1-30H/i4D,5D,6D,9D,12D,15D,16D,17D,20D,23D,24D,25D,26D,27D,28D,29D,30D. The quantitative estimate of drug-likeness (QED) is 0.186. The van der Waals surface area contributed by atoms with Gasteiger partial charge in [-0.3, -0.25) is 0 Å². The number of anilines is 3. The molecular weight excluding hydrogens is 597 g/mol. The van der Waals surface area contributed by atoms with Gasteiger partial charge >= 0.3 is 0 Å². The van der Waals surface area contributed by atoms with Crippen LogP contribution >= 0.6 is 0 Å². The topological polar surface area (TPSA) is 21.3 Å². The summed E-state index contributed by atoms with van der Waals surface area (Å²) < 4.78 is 164. The van der Waals surface area contributed by atoms with E-state index in [4.69, 9.17) is 16.8 Å². The summed E-state index contributed by atoms with van der Waals surface area (Å²) in [6.45, 7) is 0. The summed E-state index contributed by atoms with van der Waals surface area (Å²) in [5.41, 5.74) is -1.80. The van der Waals surface area contributed by atoms with Crippen LogP contribution in [0.25, 0.3) is 71.3 Å². The van der Waals surface area contributed by atoms with Gasteiger partial charge in [0.15, 0.2) is 0 Å². The van der Waals surface area contributed by atoms with Gasteiger partial charge in [0.1, 0.15) is 11.2 Å². The minimum atomic E-state index is -0.842. The van der Waals surface area contributed by atoms with Crippen molar-refractivity contribution in [1.29, 1.82) is 0 Å². The van der Waals surface area contributed by atoms with Gasteiger partial charge in [-0.15, -0.1) is 0 Å². The van der Waals surface area contributed by atoms with Gasteiger partial charge in [-0.2, -0.15) is 0 Å². The van der Waals surface area contributed by atoms with E-state index >= 15 is 0 Å². The molecule has 0 N–H and O–H groups in total. The lowest BCUT2D eigenvalue weighted by Crippen LogP contribution is -2.11. The monoisotopic (exact) mass is 643 g/mol. The molecule has 0 aliphatic carbocycles. The first kappa shape index (κ1) is 15.5. The summed E-state index contributed by atoms with van der Waals surface area (Å²) in [6, 6.07) is 10.3. The number of hydrogen-bond acceptors (Lipinski definition) is 2. The van der Waals surface area contributed by atoms with Crippen LogP contribution < -0.4 is 4.90 Å². The molecule has 0 fully saturated rings. The molecule has 0 spiro atoms. The lowest BCUT2D eigenvalue weighted by molar-refractivity contribution is 0.672. The fourth-order valence-electron chi connectivity index (χ4n) is 6.43. The van der Waals surface area contributed by atoms with Crippen LogP contribution in [-0.4, -0.2) is 4.57 Å². The third-order valence-electron chi connectivity index (χ3n) is 8.53. The van der Waals surface area contributed by atoms with Gasteiger partial charge in [0.2, 0.25) is 0 Å². The van der Waals surface area contributed by atoms with Crippen molar-refractivity contribution in [3.63, 3.8) is 0 Å². The Kier molecular flexibility index (Phi) is 3.49. The number of furan rings is 1. The number of fused-ring (bicyclic) bond motifs is 8. The van der Waals surface area contributed by atoms with E-state index in [2.05, 4.69) is 0 Å². The van der Waals surface area contributed by atoms with E-state index < -0.39 is 136 Å². The van der Waals surface area contributed by atoms with Crippen molar-refractivity contribution >= 4 is 71.6 Å². The zero-order valence-electron chi connectivity index (χ0n) is 42.3. The smallest absolute Gasteiger partial charge is 0.143 e. The second-order valence-corrected chi connectivity index (χ2v) is 11.2. The highest BCUT2D eigenvalue weighted by atomic mass is 16.3. The third-order valence-corrected chi connectivity index (χ3v) is 8.53. The van der Waals surface area contributed by atoms with Crippen LogP contribution in [0.2, 0.25) is 0 Å². The second kappa shape index (κ2) is 11.0. The fourth-order valence-corrected chi connectivity index (χ4v) is 6.43. The molecule has 0 atom stereocenters. The maximum Gasteiger partial charge on any atom is 0.143 e. The molecule has 0 aliphatic heterocycles. The molecule has 0 aliphatic rings. The SMILES string of the molecule is [2H]c1c([2H])c([2H])c(N(c2c([2H])c([2H])c(-n3c4ccccc4c4ccccc43)c([2H])c2[2H])c2c([2H])c([2H])c([2H])c3oc4c5c([2H])c([2H])c([2H])c([2H])c5c([2H])c([2H])c4c23)c(-c2ccccc2)c1[2H]. The summed E-state index contributed by atoms with van der Waals surface area (Å²) in [7, 11) is 0. The van der Waals surface area contributed by atoms with Gasteiger partial charge in [0.05, 0.1) is 51.1 Å². The molecule has 0 saturated heterocycles. The van der Waals surface area contributed by atoms with Crippen molar-refractivity contribution in [2.75, 3.05) is 4.90 Å². The molecule has 10 rings (SSSR count). The molecule has 8 aromatic carbocycles. The third kappa shape index (κ3) is 4.29. The van der Waals surface area contributed by atoms with Crippen molar-refractivity contribution in [3.05, 3.63) is 182 Å². The number of benzene rings is 8. The first-order valence-electron chi connectivity index (χ1n) is 23.8. The maximum atomic E-state index is 9.84. The highest BCUT2D eigenvalue weighted by molar-refractivity contribution is 6.20. The summed E-state index contributed by atoms with van der Waals surface area (Å²) in [6.07, 6.45) is 0. The van der Waals surface area contributed by atoms with Gasteiger partial charge in [-0.25, -0.2) is 0 Å². The Morgan fingerprint density at radius 2 is 1.18 bits per heavy atom. The van der Waals surface area contributed by atoms with Crippen molar-refractivity contribution in [2.24, 2.45) is 0 Å². The summed E-state index contributed by atoms with van der Waals surface area (Å²) in [5, 5.41) is -0.00924. The second-order valence-electron chi connectivity index (χ2n) is 11.2. The van der Waals surface area contributed by atoms with Crippen LogP contribution in [0.1, 0.15) is 23.3 Å². The van der Waals surface area contributed by atoms with E-state index in [9.17, 15) is 11.0 Å². The van der Waals surface area contributed by atoms with Gasteiger partial charge in [0.25, 0.3) is 0 Å². The number of aromatic nitrogens is 1. The van der Waals surface area contributed by atoms with E-state index in [0.717, 1.165) is 15.7 Å². The molecule has 0 bridgehead atoms.